The first kappa shape index (κ1) is 67.7. The Kier molecular flexibility index (Phi) is 26.8. The van der Waals surface area contributed by atoms with Crippen molar-refractivity contribution in [1.82, 2.24) is 24.5 Å². The third kappa shape index (κ3) is 19.9. The number of hydrogen-bond acceptors (Lipinski definition) is 16. The summed E-state index contributed by atoms with van der Waals surface area (Å²) in [7, 11) is 5.70. The molecule has 3 aliphatic heterocycles. The van der Waals surface area contributed by atoms with Gasteiger partial charge in [0.2, 0.25) is 0 Å². The Morgan fingerprint density at radius 3 is 1.49 bits per heavy atom. The van der Waals surface area contributed by atoms with Crippen molar-refractivity contribution in [2.24, 2.45) is 23.7 Å². The molecule has 20 nitrogen and oxygen atoms in total. The average Bonchev–Trinajstić information content (AvgIpc) is 3.46. The number of cyclic esters (lactones) is 3. The van der Waals surface area contributed by atoms with Crippen LogP contribution < -0.4 is 4.90 Å². The first-order valence-corrected chi connectivity index (χ1v) is 28.9. The van der Waals surface area contributed by atoms with E-state index in [0.29, 0.717) is 63.7 Å². The Labute approximate surface area is 482 Å². The van der Waals surface area contributed by atoms with Crippen molar-refractivity contribution in [2.75, 3.05) is 85.7 Å². The Hall–Kier alpha value is -5.83. The maximum atomic E-state index is 15.0. The molecule has 1 aromatic rings. The molecule has 0 radical (unpaired) electrons. The summed E-state index contributed by atoms with van der Waals surface area (Å²) in [5.41, 5.74) is 3.08. The first-order chi connectivity index (χ1) is 38.1. The summed E-state index contributed by atoms with van der Waals surface area (Å²) < 4.78 is 35.6. The highest BCUT2D eigenvalue weighted by Gasteiger charge is 2.43. The molecule has 81 heavy (non-hydrogen) atoms. The minimum atomic E-state index is -1.76. The second-order valence-electron chi connectivity index (χ2n) is 23.6. The van der Waals surface area contributed by atoms with Crippen LogP contribution in [0.25, 0.3) is 0 Å². The van der Waals surface area contributed by atoms with Crippen molar-refractivity contribution in [3.05, 3.63) is 65.9 Å². The number of ether oxygens (including phenoxy) is 6. The van der Waals surface area contributed by atoms with Crippen molar-refractivity contribution in [2.45, 2.75) is 170 Å². The maximum Gasteiger partial charge on any atom is 0.329 e. The van der Waals surface area contributed by atoms with Crippen LogP contribution in [0, 0.1) is 23.7 Å². The van der Waals surface area contributed by atoms with Gasteiger partial charge in [0.25, 0.3) is 23.6 Å². The molecular weight excluding hydrogens is 1040 g/mol. The minimum absolute atomic E-state index is 0.0842. The number of anilines is 1. The van der Waals surface area contributed by atoms with E-state index in [9.17, 15) is 29.1 Å². The van der Waals surface area contributed by atoms with Gasteiger partial charge in [0.1, 0.15) is 24.2 Å². The number of hydrogen-bond donors (Lipinski definition) is 1. The van der Waals surface area contributed by atoms with Crippen LogP contribution >= 0.6 is 0 Å². The highest BCUT2D eigenvalue weighted by Crippen LogP contribution is 2.26. The van der Waals surface area contributed by atoms with E-state index in [2.05, 4.69) is 16.4 Å². The monoisotopic (exact) mass is 1140 g/mol. The molecule has 0 aliphatic carbocycles. The molecule has 454 valence electrons. The predicted octanol–water partition coefficient (Wildman–Crippen LogP) is 5.79. The maximum absolute atomic E-state index is 15.0. The zero-order valence-corrected chi connectivity index (χ0v) is 51.1. The number of carbonyl (C=O) groups is 7. The predicted molar refractivity (Wildman–Crippen MR) is 308 cm³/mol. The van der Waals surface area contributed by atoms with Crippen LogP contribution in [0.15, 0.2) is 60.3 Å². The molecule has 3 aliphatic rings. The number of carbonyl (C=O) groups excluding carboxylic acids is 7. The van der Waals surface area contributed by atoms with Gasteiger partial charge >= 0.3 is 17.9 Å². The highest BCUT2D eigenvalue weighted by molar-refractivity contribution is 5.93. The van der Waals surface area contributed by atoms with Gasteiger partial charge in [-0.05, 0) is 100.0 Å². The molecule has 3 fully saturated rings. The molecule has 0 aromatic heterocycles. The number of aliphatic hydroxyl groups excluding tert-OH is 1. The zero-order valence-electron chi connectivity index (χ0n) is 51.1. The van der Waals surface area contributed by atoms with Gasteiger partial charge in [-0.2, -0.15) is 0 Å². The van der Waals surface area contributed by atoms with E-state index in [-0.39, 0.29) is 62.2 Å². The molecule has 1 aromatic carbocycles. The lowest BCUT2D eigenvalue weighted by molar-refractivity contribution is -0.192. The average molecular weight is 1140 g/mol. The fraction of sp³-hybridized carbons (Fsp3) is 0.689. The summed E-state index contributed by atoms with van der Waals surface area (Å²) in [4.78, 5) is 112. The van der Waals surface area contributed by atoms with E-state index in [1.165, 1.54) is 56.7 Å². The van der Waals surface area contributed by atoms with E-state index in [0.717, 1.165) is 16.3 Å². The normalized spacial score (nSPS) is 26.9. The molecule has 1 unspecified atom stereocenters. The van der Waals surface area contributed by atoms with Gasteiger partial charge in [-0.1, -0.05) is 85.8 Å². The second kappa shape index (κ2) is 32.1. The number of likely N-dealkylation sites (N-methyl/N-ethyl adjacent to an activating group) is 4. The van der Waals surface area contributed by atoms with E-state index < -0.39 is 96.4 Å². The van der Waals surface area contributed by atoms with Crippen molar-refractivity contribution in [1.29, 1.82) is 0 Å². The van der Waals surface area contributed by atoms with Gasteiger partial charge in [0.15, 0.2) is 24.6 Å². The van der Waals surface area contributed by atoms with Gasteiger partial charge in [-0.15, -0.1) is 0 Å². The standard InChI is InChI=1S/C61H96N6O14/c1-17-46(66-24-28-76-29-25-66)21-18-42(10)36-52-56(70)64(15)48(32-38(2)3)58(72)78-44(12)55(69)63(14)51(35-41(8)9)61(75)81-53(37-45-19-22-47(23-20-45)67-26-30-77-31-27-67)57(71)65(16)49(33-39(4)5)59(73)79-43(11)54(68)62(13)50(34-40(6)7)60(74)80-52/h17-23,38-41,43-44,48-53,59,73H,1,24-37H2,2-16H3/b42-18+,46-21+/t43-,44-,48+,49+,50+,51+,52-,53-,59?/m1/s1. The highest BCUT2D eigenvalue weighted by atomic mass is 16.6. The van der Waals surface area contributed by atoms with E-state index in [4.69, 9.17) is 28.4 Å². The molecular formula is C61H96N6O14. The summed E-state index contributed by atoms with van der Waals surface area (Å²) in [5.74, 6) is -6.16. The van der Waals surface area contributed by atoms with Crippen LogP contribution in [-0.4, -0.2) is 207 Å². The van der Waals surface area contributed by atoms with Crippen LogP contribution in [-0.2, 0) is 68.4 Å². The Morgan fingerprint density at radius 2 is 1.01 bits per heavy atom. The number of rotatable bonds is 16. The molecule has 3 saturated heterocycles. The summed E-state index contributed by atoms with van der Waals surface area (Å²) in [5, 5.41) is 12.0. The van der Waals surface area contributed by atoms with Crippen molar-refractivity contribution < 1.29 is 67.1 Å². The molecule has 0 spiro atoms. The molecule has 9 atom stereocenters. The van der Waals surface area contributed by atoms with Gasteiger partial charge in [0.05, 0.1) is 32.5 Å². The molecule has 0 saturated carbocycles. The Balaban J connectivity index is 1.86. The number of morpholine rings is 2. The van der Waals surface area contributed by atoms with Crippen LogP contribution in [0.2, 0.25) is 0 Å². The fourth-order valence-corrected chi connectivity index (χ4v) is 10.2. The lowest BCUT2D eigenvalue weighted by atomic mass is 9.99. The lowest BCUT2D eigenvalue weighted by Crippen LogP contribution is -2.55. The Bertz CT molecular complexity index is 2330. The summed E-state index contributed by atoms with van der Waals surface area (Å²) in [6, 6.07) is 2.70. The SMILES string of the molecule is C=C/C(=C\C=C(/C)C[C@H]1OC(=O)[C@H](CC(C)C)N(C)C(=O)[C@@H](C)OC(O)[C@H](CC(C)C)N(C)C(=O)[C@@H](Cc2ccc(N3CCOCC3)cc2)OC(=O)[C@H](CC(C)C)N(C)C(=O)[C@@H](C)OC(=O)[C@H](CC(C)C)N(C)C1=O)N1CCOCC1. The quantitative estimate of drug-likeness (QED) is 0.118. The van der Waals surface area contributed by atoms with Crippen LogP contribution in [0.5, 0.6) is 0 Å². The van der Waals surface area contributed by atoms with Gasteiger partial charge < -0.3 is 62.9 Å². The third-order valence-electron chi connectivity index (χ3n) is 15.0. The molecule has 1 N–H and O–H groups in total. The van der Waals surface area contributed by atoms with E-state index in [1.807, 2.05) is 85.7 Å². The summed E-state index contributed by atoms with van der Waals surface area (Å²) >= 11 is 0. The van der Waals surface area contributed by atoms with Crippen molar-refractivity contribution in [3.8, 4) is 0 Å². The van der Waals surface area contributed by atoms with Gasteiger partial charge in [-0.25, -0.2) is 14.4 Å². The molecule has 20 heteroatoms. The number of amides is 4. The first-order valence-electron chi connectivity index (χ1n) is 28.9. The number of benzene rings is 1. The third-order valence-corrected chi connectivity index (χ3v) is 15.0. The molecule has 0 bridgehead atoms. The van der Waals surface area contributed by atoms with Crippen molar-refractivity contribution >= 4 is 47.2 Å². The van der Waals surface area contributed by atoms with E-state index >= 15 is 9.59 Å². The van der Waals surface area contributed by atoms with Crippen LogP contribution in [0.4, 0.5) is 5.69 Å². The van der Waals surface area contributed by atoms with Crippen LogP contribution in [0.3, 0.4) is 0 Å². The molecule has 4 amide bonds. The summed E-state index contributed by atoms with van der Waals surface area (Å²) in [6.45, 7) is 28.6. The molecule has 3 heterocycles. The fourth-order valence-electron chi connectivity index (χ4n) is 10.2. The van der Waals surface area contributed by atoms with Gasteiger partial charge in [-0.3, -0.25) is 19.2 Å². The molecule has 4 rings (SSSR count). The number of esters is 3. The Morgan fingerprint density at radius 1 is 0.580 bits per heavy atom. The number of aliphatic hydroxyl groups is 1. The minimum Gasteiger partial charge on any atom is -0.451 e. The number of nitrogens with zero attached hydrogens (tertiary/aromatic N) is 6. The smallest absolute Gasteiger partial charge is 0.329 e. The van der Waals surface area contributed by atoms with Gasteiger partial charge in [0, 0.05) is 78.6 Å². The van der Waals surface area contributed by atoms with E-state index in [1.54, 1.807) is 19.1 Å². The lowest BCUT2D eigenvalue weighted by Gasteiger charge is -2.37. The second-order valence-corrected chi connectivity index (χ2v) is 23.6. The summed E-state index contributed by atoms with van der Waals surface area (Å²) in [6.07, 6.45) is -1.91. The van der Waals surface area contributed by atoms with Crippen molar-refractivity contribution in [3.63, 3.8) is 0 Å². The largest absolute Gasteiger partial charge is 0.451 e. The topological polar surface area (TPSA) is 215 Å². The number of allylic oxidation sites excluding steroid dienone is 3. The zero-order chi connectivity index (χ0) is 60.4. The van der Waals surface area contributed by atoms with Crippen LogP contribution in [0.1, 0.15) is 114 Å².